The van der Waals surface area contributed by atoms with Crippen LogP contribution >= 0.6 is 0 Å². The molecule has 1 aliphatic heterocycles. The third-order valence-corrected chi connectivity index (χ3v) is 5.02. The molecule has 0 aromatic heterocycles. The van der Waals surface area contributed by atoms with E-state index in [1.165, 1.54) is 11.1 Å². The van der Waals surface area contributed by atoms with E-state index in [-0.39, 0.29) is 18.1 Å². The van der Waals surface area contributed by atoms with E-state index in [4.69, 9.17) is 4.74 Å². The molecule has 4 nitrogen and oxygen atoms in total. The van der Waals surface area contributed by atoms with E-state index in [0.29, 0.717) is 0 Å². The van der Waals surface area contributed by atoms with E-state index in [2.05, 4.69) is 53.4 Å². The fraction of sp³-hybridized carbons (Fsp3) is 0.435. The highest BCUT2D eigenvalue weighted by Crippen LogP contribution is 2.32. The van der Waals surface area contributed by atoms with Crippen LogP contribution in [-0.4, -0.2) is 47.7 Å². The standard InChI is InChI=1S/C23H30N2O2/c1-23(2,3)27-22(26)24(4)21-17-25(15-18-11-7-5-8-12-18)16-20(21)19-13-9-6-10-14-19/h5-14,20-21H,15-17H2,1-4H3/t20-,21+/m0/s1. The van der Waals surface area contributed by atoms with Gasteiger partial charge in [-0.05, 0) is 31.9 Å². The Kier molecular flexibility index (Phi) is 5.85. The Morgan fingerprint density at radius 1 is 1.04 bits per heavy atom. The zero-order chi connectivity index (χ0) is 19.4. The highest BCUT2D eigenvalue weighted by atomic mass is 16.6. The predicted octanol–water partition coefficient (Wildman–Crippen LogP) is 4.52. The Labute approximate surface area is 162 Å². The average molecular weight is 367 g/mol. The summed E-state index contributed by atoms with van der Waals surface area (Å²) < 4.78 is 5.62. The van der Waals surface area contributed by atoms with Gasteiger partial charge in [-0.3, -0.25) is 4.90 Å². The molecule has 0 unspecified atom stereocenters. The number of rotatable bonds is 4. The summed E-state index contributed by atoms with van der Waals surface area (Å²) in [6, 6.07) is 21.1. The van der Waals surface area contributed by atoms with Gasteiger partial charge in [-0.2, -0.15) is 0 Å². The molecule has 0 bridgehead atoms. The second-order valence-corrected chi connectivity index (χ2v) is 8.36. The van der Waals surface area contributed by atoms with E-state index in [1.807, 2.05) is 40.0 Å². The summed E-state index contributed by atoms with van der Waals surface area (Å²) in [6.07, 6.45) is -0.255. The fourth-order valence-electron chi connectivity index (χ4n) is 3.73. The van der Waals surface area contributed by atoms with E-state index in [9.17, 15) is 4.79 Å². The minimum atomic E-state index is -0.490. The van der Waals surface area contributed by atoms with Gasteiger partial charge < -0.3 is 9.64 Å². The molecule has 144 valence electrons. The van der Waals surface area contributed by atoms with E-state index in [0.717, 1.165) is 19.6 Å². The van der Waals surface area contributed by atoms with Crippen LogP contribution in [0.15, 0.2) is 60.7 Å². The highest BCUT2D eigenvalue weighted by Gasteiger charge is 2.39. The first-order valence-electron chi connectivity index (χ1n) is 9.60. The van der Waals surface area contributed by atoms with Gasteiger partial charge >= 0.3 is 6.09 Å². The predicted molar refractivity (Wildman–Crippen MR) is 109 cm³/mol. The van der Waals surface area contributed by atoms with Gasteiger partial charge in [-0.15, -0.1) is 0 Å². The molecule has 0 N–H and O–H groups in total. The van der Waals surface area contributed by atoms with Crippen LogP contribution in [0.1, 0.15) is 37.8 Å². The Balaban J connectivity index is 1.79. The zero-order valence-corrected chi connectivity index (χ0v) is 16.8. The normalized spacial score (nSPS) is 20.4. The van der Waals surface area contributed by atoms with Crippen molar-refractivity contribution in [2.75, 3.05) is 20.1 Å². The SMILES string of the molecule is CN(C(=O)OC(C)(C)C)[C@@H]1CN(Cc2ccccc2)C[C@H]1c1ccccc1. The Morgan fingerprint density at radius 2 is 1.63 bits per heavy atom. The summed E-state index contributed by atoms with van der Waals surface area (Å²) in [6.45, 7) is 8.38. The molecule has 1 heterocycles. The summed E-state index contributed by atoms with van der Waals surface area (Å²) in [5.74, 6) is 0.271. The van der Waals surface area contributed by atoms with Crippen molar-refractivity contribution in [1.82, 2.24) is 9.80 Å². The number of likely N-dealkylation sites (N-methyl/N-ethyl adjacent to an activating group) is 1. The molecule has 1 saturated heterocycles. The van der Waals surface area contributed by atoms with Crippen LogP contribution in [0.4, 0.5) is 4.79 Å². The number of nitrogens with zero attached hydrogens (tertiary/aromatic N) is 2. The summed E-state index contributed by atoms with van der Waals surface area (Å²) >= 11 is 0. The van der Waals surface area contributed by atoms with Crippen molar-refractivity contribution in [2.24, 2.45) is 0 Å². The first kappa shape index (κ1) is 19.4. The zero-order valence-electron chi connectivity index (χ0n) is 16.8. The molecule has 3 rings (SSSR count). The smallest absolute Gasteiger partial charge is 0.410 e. The molecule has 4 heteroatoms. The van der Waals surface area contributed by atoms with Gasteiger partial charge in [0.25, 0.3) is 0 Å². The lowest BCUT2D eigenvalue weighted by atomic mass is 9.94. The number of amides is 1. The first-order chi connectivity index (χ1) is 12.8. The lowest BCUT2D eigenvalue weighted by Gasteiger charge is -2.31. The fourth-order valence-corrected chi connectivity index (χ4v) is 3.73. The molecular formula is C23H30N2O2. The van der Waals surface area contributed by atoms with Crippen molar-refractivity contribution >= 4 is 6.09 Å². The maximum atomic E-state index is 12.7. The maximum Gasteiger partial charge on any atom is 0.410 e. The molecule has 1 fully saturated rings. The molecule has 27 heavy (non-hydrogen) atoms. The Morgan fingerprint density at radius 3 is 2.22 bits per heavy atom. The van der Waals surface area contributed by atoms with E-state index in [1.54, 1.807) is 4.90 Å². The molecule has 1 amide bonds. The molecule has 0 radical (unpaired) electrons. The molecule has 2 aromatic rings. The molecule has 2 aromatic carbocycles. The minimum absolute atomic E-state index is 0.0889. The molecule has 0 spiro atoms. The highest BCUT2D eigenvalue weighted by molar-refractivity contribution is 5.68. The lowest BCUT2D eigenvalue weighted by Crippen LogP contribution is -2.44. The third kappa shape index (κ3) is 5.10. The quantitative estimate of drug-likeness (QED) is 0.797. The van der Waals surface area contributed by atoms with E-state index >= 15 is 0 Å². The number of carbonyl (C=O) groups excluding carboxylic acids is 1. The van der Waals surface area contributed by atoms with Crippen LogP contribution < -0.4 is 0 Å². The van der Waals surface area contributed by atoms with Crippen LogP contribution in [-0.2, 0) is 11.3 Å². The van der Waals surface area contributed by atoms with Gasteiger partial charge in [0.15, 0.2) is 0 Å². The Hall–Kier alpha value is -2.33. The molecule has 0 saturated carbocycles. The number of hydrogen-bond acceptors (Lipinski definition) is 3. The average Bonchev–Trinajstić information content (AvgIpc) is 3.05. The van der Waals surface area contributed by atoms with Crippen LogP contribution in [0.2, 0.25) is 0 Å². The third-order valence-electron chi connectivity index (χ3n) is 5.02. The van der Waals surface area contributed by atoms with Gasteiger partial charge in [0.2, 0.25) is 0 Å². The van der Waals surface area contributed by atoms with Crippen molar-refractivity contribution in [2.45, 2.75) is 44.9 Å². The molecule has 2 atom stereocenters. The van der Waals surface area contributed by atoms with Gasteiger partial charge in [0.1, 0.15) is 5.60 Å². The summed E-state index contributed by atoms with van der Waals surface area (Å²) in [4.78, 5) is 16.9. The largest absolute Gasteiger partial charge is 0.444 e. The number of likely N-dealkylation sites (tertiary alicyclic amines) is 1. The summed E-state index contributed by atoms with van der Waals surface area (Å²) in [5.41, 5.74) is 2.08. The molecule has 0 aliphatic carbocycles. The van der Waals surface area contributed by atoms with E-state index < -0.39 is 5.60 Å². The maximum absolute atomic E-state index is 12.7. The second kappa shape index (κ2) is 8.13. The van der Waals surface area contributed by atoms with Gasteiger partial charge in [-0.1, -0.05) is 60.7 Å². The summed E-state index contributed by atoms with van der Waals surface area (Å²) in [5, 5.41) is 0. The van der Waals surface area contributed by atoms with Gasteiger partial charge in [0.05, 0.1) is 6.04 Å². The van der Waals surface area contributed by atoms with Crippen LogP contribution in [0.3, 0.4) is 0 Å². The van der Waals surface area contributed by atoms with Crippen molar-refractivity contribution in [3.05, 3.63) is 71.8 Å². The minimum Gasteiger partial charge on any atom is -0.444 e. The van der Waals surface area contributed by atoms with Crippen molar-refractivity contribution in [3.8, 4) is 0 Å². The van der Waals surface area contributed by atoms with Crippen LogP contribution in [0.25, 0.3) is 0 Å². The van der Waals surface area contributed by atoms with Crippen LogP contribution in [0, 0.1) is 0 Å². The van der Waals surface area contributed by atoms with Crippen molar-refractivity contribution in [1.29, 1.82) is 0 Å². The Bertz CT molecular complexity index is 740. The van der Waals surface area contributed by atoms with Crippen molar-refractivity contribution < 1.29 is 9.53 Å². The number of carbonyl (C=O) groups is 1. The monoisotopic (exact) mass is 366 g/mol. The number of ether oxygens (including phenoxy) is 1. The first-order valence-corrected chi connectivity index (χ1v) is 9.60. The van der Waals surface area contributed by atoms with Gasteiger partial charge in [-0.25, -0.2) is 4.79 Å². The molecular weight excluding hydrogens is 336 g/mol. The second-order valence-electron chi connectivity index (χ2n) is 8.36. The molecule has 1 aliphatic rings. The van der Waals surface area contributed by atoms with Crippen LogP contribution in [0.5, 0.6) is 0 Å². The van der Waals surface area contributed by atoms with Gasteiger partial charge in [0, 0.05) is 32.6 Å². The lowest BCUT2D eigenvalue weighted by molar-refractivity contribution is 0.0217. The van der Waals surface area contributed by atoms with Crippen molar-refractivity contribution in [3.63, 3.8) is 0 Å². The number of benzene rings is 2. The number of hydrogen-bond donors (Lipinski definition) is 0. The summed E-state index contributed by atoms with van der Waals surface area (Å²) in [7, 11) is 1.86. The topological polar surface area (TPSA) is 32.8 Å².